The minimum atomic E-state index is 0. The highest BCUT2D eigenvalue weighted by atomic mass is 127. The van der Waals surface area contributed by atoms with Gasteiger partial charge in [-0.3, -0.25) is 9.89 Å². The van der Waals surface area contributed by atoms with E-state index >= 15 is 0 Å². The van der Waals surface area contributed by atoms with Gasteiger partial charge in [0.15, 0.2) is 5.96 Å². The van der Waals surface area contributed by atoms with Crippen LogP contribution in [0.1, 0.15) is 47.5 Å². The van der Waals surface area contributed by atoms with Crippen LogP contribution in [0.4, 0.5) is 0 Å². The number of hydrogen-bond acceptors (Lipinski definition) is 4. The van der Waals surface area contributed by atoms with Gasteiger partial charge >= 0.3 is 0 Å². The molecule has 0 amide bonds. The molecule has 1 aliphatic heterocycles. The molecule has 0 radical (unpaired) electrons. The Hall–Kier alpha value is -0.120. The molecule has 0 bridgehead atoms. The summed E-state index contributed by atoms with van der Waals surface area (Å²) in [7, 11) is 1.84. The van der Waals surface area contributed by atoms with Crippen LogP contribution in [0.3, 0.4) is 0 Å². The molecule has 7 heteroatoms. The van der Waals surface area contributed by atoms with Gasteiger partial charge in [-0.2, -0.15) is 0 Å². The van der Waals surface area contributed by atoms with Gasteiger partial charge in [-0.05, 0) is 45.3 Å². The fourth-order valence-corrected chi connectivity index (χ4v) is 3.46. The number of aliphatic imine (C=N–C) groups is 1. The summed E-state index contributed by atoms with van der Waals surface area (Å²) in [6, 6.07) is 0.418. The van der Waals surface area contributed by atoms with Crippen molar-refractivity contribution in [2.24, 2.45) is 10.9 Å². The number of hydrogen-bond donors (Lipinski definition) is 2. The lowest BCUT2D eigenvalue weighted by molar-refractivity contribution is -0.0284. The van der Waals surface area contributed by atoms with Crippen LogP contribution >= 0.6 is 24.0 Å². The number of guanidine groups is 1. The van der Waals surface area contributed by atoms with E-state index in [2.05, 4.69) is 60.0 Å². The highest BCUT2D eigenvalue weighted by Gasteiger charge is 2.21. The van der Waals surface area contributed by atoms with Crippen LogP contribution in [0.15, 0.2) is 4.99 Å². The summed E-state index contributed by atoms with van der Waals surface area (Å²) in [5.41, 5.74) is 0. The van der Waals surface area contributed by atoms with Crippen molar-refractivity contribution in [3.8, 4) is 0 Å². The van der Waals surface area contributed by atoms with E-state index in [9.17, 15) is 0 Å². The van der Waals surface area contributed by atoms with Gasteiger partial charge in [0.25, 0.3) is 0 Å². The molecule has 1 heterocycles. The van der Waals surface area contributed by atoms with Crippen molar-refractivity contribution in [1.29, 1.82) is 0 Å². The molecule has 2 N–H and O–H groups in total. The van der Waals surface area contributed by atoms with Crippen LogP contribution < -0.4 is 10.6 Å². The lowest BCUT2D eigenvalue weighted by Gasteiger charge is -2.34. The molecule has 0 aromatic carbocycles. The molecule has 1 saturated heterocycles. The van der Waals surface area contributed by atoms with E-state index < -0.39 is 0 Å². The Kier molecular flexibility index (Phi) is 15.7. The third kappa shape index (κ3) is 12.1. The molecule has 6 nitrogen and oxygen atoms in total. The van der Waals surface area contributed by atoms with E-state index in [-0.39, 0.29) is 30.1 Å². The summed E-state index contributed by atoms with van der Waals surface area (Å²) in [5, 5.41) is 6.95. The summed E-state index contributed by atoms with van der Waals surface area (Å²) in [5.74, 6) is 1.58. The Morgan fingerprint density at radius 3 is 2.56 bits per heavy atom. The zero-order chi connectivity index (χ0) is 19.4. The average Bonchev–Trinajstić information content (AvgIpc) is 2.62. The van der Waals surface area contributed by atoms with Crippen molar-refractivity contribution in [1.82, 2.24) is 20.4 Å². The number of halogens is 1. The third-order valence-electron chi connectivity index (χ3n) is 4.96. The summed E-state index contributed by atoms with van der Waals surface area (Å²) in [4.78, 5) is 9.35. The Balaban J connectivity index is 0.00000676. The number of rotatable bonds is 11. The molecule has 27 heavy (non-hydrogen) atoms. The van der Waals surface area contributed by atoms with E-state index in [1.807, 2.05) is 7.05 Å². The van der Waals surface area contributed by atoms with Crippen molar-refractivity contribution < 1.29 is 4.74 Å². The summed E-state index contributed by atoms with van der Waals surface area (Å²) < 4.78 is 5.91. The lowest BCUT2D eigenvalue weighted by atomic mass is 10.1. The molecular weight excluding hydrogens is 453 g/mol. The van der Waals surface area contributed by atoms with E-state index in [1.165, 1.54) is 13.0 Å². The van der Waals surface area contributed by atoms with Crippen molar-refractivity contribution in [2.75, 3.05) is 59.5 Å². The monoisotopic (exact) mass is 497 g/mol. The Morgan fingerprint density at radius 2 is 1.96 bits per heavy atom. The maximum absolute atomic E-state index is 5.91. The fraction of sp³-hybridized carbons (Fsp3) is 0.950. The van der Waals surface area contributed by atoms with Crippen molar-refractivity contribution in [2.45, 2.75) is 59.6 Å². The highest BCUT2D eigenvalue weighted by Crippen LogP contribution is 2.07. The first-order valence-corrected chi connectivity index (χ1v) is 10.5. The van der Waals surface area contributed by atoms with Gasteiger partial charge in [0.1, 0.15) is 0 Å². The zero-order valence-electron chi connectivity index (χ0n) is 18.5. The maximum Gasteiger partial charge on any atom is 0.191 e. The molecule has 0 saturated carbocycles. The van der Waals surface area contributed by atoms with Gasteiger partial charge in [-0.15, -0.1) is 24.0 Å². The lowest BCUT2D eigenvalue weighted by Crippen LogP contribution is -2.51. The Labute approximate surface area is 184 Å². The molecular formula is C20H44IN5O. The van der Waals surface area contributed by atoms with Gasteiger partial charge in [0, 0.05) is 39.3 Å². The second kappa shape index (κ2) is 15.8. The van der Waals surface area contributed by atoms with Gasteiger partial charge < -0.3 is 20.3 Å². The summed E-state index contributed by atoms with van der Waals surface area (Å²) >= 11 is 0. The zero-order valence-corrected chi connectivity index (χ0v) is 20.8. The first kappa shape index (κ1) is 26.9. The fourth-order valence-electron chi connectivity index (χ4n) is 3.46. The van der Waals surface area contributed by atoms with Gasteiger partial charge in [-0.25, -0.2) is 0 Å². The second-order valence-corrected chi connectivity index (χ2v) is 7.81. The molecule has 1 fully saturated rings. The molecule has 0 aromatic rings. The van der Waals surface area contributed by atoms with E-state index in [0.29, 0.717) is 12.0 Å². The molecule has 162 valence electrons. The summed E-state index contributed by atoms with van der Waals surface area (Å²) in [6.45, 7) is 19.5. The quantitative estimate of drug-likeness (QED) is 0.261. The number of nitrogens with one attached hydrogen (secondary N) is 2. The second-order valence-electron chi connectivity index (χ2n) is 7.81. The Morgan fingerprint density at radius 1 is 1.26 bits per heavy atom. The SMILES string of the molecule is CCN(CC)CCCC(C)NC(=NC)NCC1CN(CC(C)C)CCO1.I. The highest BCUT2D eigenvalue weighted by molar-refractivity contribution is 14.0. The largest absolute Gasteiger partial charge is 0.374 e. The van der Waals surface area contributed by atoms with E-state index in [0.717, 1.165) is 58.3 Å². The minimum absolute atomic E-state index is 0. The molecule has 2 unspecified atom stereocenters. The molecule has 1 aliphatic rings. The maximum atomic E-state index is 5.91. The van der Waals surface area contributed by atoms with Crippen LogP contribution in [0, 0.1) is 5.92 Å². The number of ether oxygens (including phenoxy) is 1. The molecule has 2 atom stereocenters. The summed E-state index contributed by atoms with van der Waals surface area (Å²) in [6.07, 6.45) is 2.60. The molecule has 0 aromatic heterocycles. The van der Waals surface area contributed by atoms with Crippen LogP contribution in [0.2, 0.25) is 0 Å². The topological polar surface area (TPSA) is 52.1 Å². The Bertz CT molecular complexity index is 391. The minimum Gasteiger partial charge on any atom is -0.374 e. The van der Waals surface area contributed by atoms with Crippen LogP contribution in [0.25, 0.3) is 0 Å². The number of nitrogens with zero attached hydrogens (tertiary/aromatic N) is 3. The first-order chi connectivity index (χ1) is 12.5. The van der Waals surface area contributed by atoms with Crippen molar-refractivity contribution in [3.05, 3.63) is 0 Å². The predicted molar refractivity (Wildman–Crippen MR) is 127 cm³/mol. The number of morpholine rings is 1. The van der Waals surface area contributed by atoms with Gasteiger partial charge in [-0.1, -0.05) is 27.7 Å². The van der Waals surface area contributed by atoms with Crippen LogP contribution in [0.5, 0.6) is 0 Å². The predicted octanol–water partition coefficient (Wildman–Crippen LogP) is 2.64. The van der Waals surface area contributed by atoms with Crippen LogP contribution in [-0.4, -0.2) is 87.4 Å². The van der Waals surface area contributed by atoms with E-state index in [4.69, 9.17) is 4.74 Å². The molecule has 1 rings (SSSR count). The van der Waals surface area contributed by atoms with Gasteiger partial charge in [0.2, 0.25) is 0 Å². The standard InChI is InChI=1S/C20H43N5O.HI/c1-7-24(8-2)11-9-10-18(5)23-20(21-6)22-14-19-16-25(12-13-26-19)15-17(3)4;/h17-19H,7-16H2,1-6H3,(H2,21,22,23);1H. The van der Waals surface area contributed by atoms with Crippen molar-refractivity contribution in [3.63, 3.8) is 0 Å². The van der Waals surface area contributed by atoms with Gasteiger partial charge in [0.05, 0.1) is 12.7 Å². The normalized spacial score (nSPS) is 19.9. The molecule has 0 aliphatic carbocycles. The van der Waals surface area contributed by atoms with Crippen molar-refractivity contribution >= 4 is 29.9 Å². The van der Waals surface area contributed by atoms with E-state index in [1.54, 1.807) is 0 Å². The van der Waals surface area contributed by atoms with Crippen LogP contribution in [-0.2, 0) is 4.74 Å². The molecule has 0 spiro atoms. The average molecular weight is 498 g/mol. The third-order valence-corrected chi connectivity index (χ3v) is 4.96. The smallest absolute Gasteiger partial charge is 0.191 e. The first-order valence-electron chi connectivity index (χ1n) is 10.5.